The van der Waals surface area contributed by atoms with Crippen LogP contribution in [0, 0.1) is 6.92 Å². The van der Waals surface area contributed by atoms with Crippen LogP contribution in [0.25, 0.3) is 21.5 Å². The fraction of sp³-hybridized carbons (Fsp3) is 0.0769. The summed E-state index contributed by atoms with van der Waals surface area (Å²) in [6, 6.07) is 8.23. The van der Waals surface area contributed by atoms with Gasteiger partial charge < -0.3 is 0 Å². The van der Waals surface area contributed by atoms with E-state index < -0.39 is 0 Å². The number of aryl methyl sites for hydroxylation is 1. The van der Waals surface area contributed by atoms with Crippen molar-refractivity contribution in [3.8, 4) is 10.6 Å². The molecule has 0 bridgehead atoms. The SMILES string of the molecule is [2H]c1cc(-c2nccs2)cc2nc(C)ccc12. The van der Waals surface area contributed by atoms with E-state index in [1.807, 2.05) is 36.6 Å². The van der Waals surface area contributed by atoms with Crippen molar-refractivity contribution in [3.63, 3.8) is 0 Å². The zero-order valence-corrected chi connectivity index (χ0v) is 9.58. The zero-order valence-electron chi connectivity index (χ0n) is 9.77. The molecule has 0 saturated carbocycles. The summed E-state index contributed by atoms with van der Waals surface area (Å²) in [5.41, 5.74) is 2.80. The molecule has 2 aromatic heterocycles. The van der Waals surface area contributed by atoms with E-state index in [4.69, 9.17) is 1.37 Å². The average Bonchev–Trinajstić information content (AvgIpc) is 2.81. The van der Waals surface area contributed by atoms with Crippen molar-refractivity contribution in [2.45, 2.75) is 6.92 Å². The minimum atomic E-state index is 0.500. The van der Waals surface area contributed by atoms with Gasteiger partial charge in [-0.3, -0.25) is 4.98 Å². The number of benzene rings is 1. The molecule has 0 aliphatic heterocycles. The van der Waals surface area contributed by atoms with Crippen molar-refractivity contribution < 1.29 is 1.37 Å². The maximum absolute atomic E-state index is 8.01. The summed E-state index contributed by atoms with van der Waals surface area (Å²) in [4.78, 5) is 8.73. The smallest absolute Gasteiger partial charge is 0.123 e. The third-order valence-electron chi connectivity index (χ3n) is 2.42. The molecule has 78 valence electrons. The van der Waals surface area contributed by atoms with Gasteiger partial charge in [0.15, 0.2) is 0 Å². The van der Waals surface area contributed by atoms with Gasteiger partial charge in [-0.15, -0.1) is 11.3 Å². The number of pyridine rings is 1. The van der Waals surface area contributed by atoms with Crippen LogP contribution in [0.3, 0.4) is 0 Å². The molecule has 2 nitrogen and oxygen atoms in total. The van der Waals surface area contributed by atoms with E-state index in [1.54, 1.807) is 17.5 Å². The van der Waals surface area contributed by atoms with Crippen LogP contribution in [0.15, 0.2) is 41.9 Å². The predicted molar refractivity (Wildman–Crippen MR) is 67.6 cm³/mol. The summed E-state index contributed by atoms with van der Waals surface area (Å²) in [6.45, 7) is 1.96. The Hall–Kier alpha value is -1.74. The Morgan fingerprint density at radius 3 is 3.06 bits per heavy atom. The number of thiazole rings is 1. The van der Waals surface area contributed by atoms with Gasteiger partial charge in [0.25, 0.3) is 0 Å². The maximum Gasteiger partial charge on any atom is 0.123 e. The molecular formula is C13H10N2S. The highest BCUT2D eigenvalue weighted by Gasteiger charge is 2.02. The van der Waals surface area contributed by atoms with Gasteiger partial charge in [-0.1, -0.05) is 18.2 Å². The van der Waals surface area contributed by atoms with Crippen molar-refractivity contribution in [1.82, 2.24) is 9.97 Å². The van der Waals surface area contributed by atoms with E-state index in [1.165, 1.54) is 0 Å². The van der Waals surface area contributed by atoms with Crippen LogP contribution in [0.1, 0.15) is 7.06 Å². The van der Waals surface area contributed by atoms with Crippen molar-refractivity contribution in [1.29, 1.82) is 0 Å². The van der Waals surface area contributed by atoms with E-state index in [2.05, 4.69) is 9.97 Å². The van der Waals surface area contributed by atoms with E-state index >= 15 is 0 Å². The lowest BCUT2D eigenvalue weighted by Gasteiger charge is -2.01. The molecule has 0 fully saturated rings. The van der Waals surface area contributed by atoms with Gasteiger partial charge in [-0.05, 0) is 19.1 Å². The van der Waals surface area contributed by atoms with Gasteiger partial charge in [0.2, 0.25) is 0 Å². The second-order valence-electron chi connectivity index (χ2n) is 3.61. The van der Waals surface area contributed by atoms with Crippen molar-refractivity contribution in [3.05, 3.63) is 47.6 Å². The second kappa shape index (κ2) is 3.68. The van der Waals surface area contributed by atoms with Crippen LogP contribution >= 0.6 is 11.3 Å². The number of rotatable bonds is 1. The molecular weight excluding hydrogens is 216 g/mol. The fourth-order valence-electron chi connectivity index (χ4n) is 1.64. The number of fused-ring (bicyclic) bond motifs is 1. The Bertz CT molecular complexity index is 677. The molecule has 0 saturated heterocycles. The van der Waals surface area contributed by atoms with Crippen LogP contribution in [0.4, 0.5) is 0 Å². The van der Waals surface area contributed by atoms with Gasteiger partial charge in [0.1, 0.15) is 5.01 Å². The molecule has 0 spiro atoms. The minimum absolute atomic E-state index is 0.500. The molecule has 0 atom stereocenters. The lowest BCUT2D eigenvalue weighted by Crippen LogP contribution is -1.84. The molecule has 0 aliphatic carbocycles. The van der Waals surface area contributed by atoms with Crippen molar-refractivity contribution >= 4 is 22.2 Å². The molecule has 0 aliphatic rings. The first-order chi connectivity index (χ1) is 8.24. The van der Waals surface area contributed by atoms with Crippen LogP contribution < -0.4 is 0 Å². The van der Waals surface area contributed by atoms with E-state index in [0.29, 0.717) is 6.04 Å². The molecule has 0 unspecified atom stereocenters. The Morgan fingerprint density at radius 1 is 1.31 bits per heavy atom. The molecule has 0 radical (unpaired) electrons. The van der Waals surface area contributed by atoms with Gasteiger partial charge in [-0.2, -0.15) is 0 Å². The Labute approximate surface area is 99.0 Å². The minimum Gasteiger partial charge on any atom is -0.253 e. The zero-order chi connectivity index (χ0) is 11.8. The molecule has 0 amide bonds. The lowest BCUT2D eigenvalue weighted by molar-refractivity contribution is 1.26. The van der Waals surface area contributed by atoms with Gasteiger partial charge in [0, 0.05) is 28.2 Å². The Balaban J connectivity index is 2.29. The van der Waals surface area contributed by atoms with Gasteiger partial charge >= 0.3 is 0 Å². The monoisotopic (exact) mass is 227 g/mol. The van der Waals surface area contributed by atoms with E-state index in [0.717, 1.165) is 27.2 Å². The molecule has 3 aromatic rings. The van der Waals surface area contributed by atoms with Crippen molar-refractivity contribution in [2.24, 2.45) is 0 Å². The van der Waals surface area contributed by atoms with E-state index in [-0.39, 0.29) is 0 Å². The lowest BCUT2D eigenvalue weighted by atomic mass is 10.1. The highest BCUT2D eigenvalue weighted by Crippen LogP contribution is 2.25. The topological polar surface area (TPSA) is 25.8 Å². The van der Waals surface area contributed by atoms with Crippen LogP contribution in [-0.2, 0) is 0 Å². The highest BCUT2D eigenvalue weighted by molar-refractivity contribution is 7.13. The van der Waals surface area contributed by atoms with Gasteiger partial charge in [-0.25, -0.2) is 4.98 Å². The molecule has 2 heterocycles. The number of hydrogen-bond donors (Lipinski definition) is 0. The fourth-order valence-corrected chi connectivity index (χ4v) is 2.27. The summed E-state index contributed by atoms with van der Waals surface area (Å²) < 4.78 is 8.01. The Kier molecular flexibility index (Phi) is 1.94. The summed E-state index contributed by atoms with van der Waals surface area (Å²) in [5, 5.41) is 3.76. The van der Waals surface area contributed by atoms with Crippen LogP contribution in [0.5, 0.6) is 0 Å². The average molecular weight is 227 g/mol. The first kappa shape index (κ1) is 8.42. The first-order valence-electron chi connectivity index (χ1n) is 5.52. The summed E-state index contributed by atoms with van der Waals surface area (Å²) in [7, 11) is 0. The molecule has 1 aromatic carbocycles. The van der Waals surface area contributed by atoms with Crippen molar-refractivity contribution in [2.75, 3.05) is 0 Å². The first-order valence-corrected chi connectivity index (χ1v) is 5.90. The van der Waals surface area contributed by atoms with E-state index in [9.17, 15) is 0 Å². The summed E-state index contributed by atoms with van der Waals surface area (Å²) in [5.74, 6) is 0. The maximum atomic E-state index is 8.01. The largest absolute Gasteiger partial charge is 0.253 e. The normalized spacial score (nSPS) is 11.7. The van der Waals surface area contributed by atoms with Crippen LogP contribution in [-0.4, -0.2) is 9.97 Å². The number of aromatic nitrogens is 2. The summed E-state index contributed by atoms with van der Waals surface area (Å²) >= 11 is 1.58. The molecule has 16 heavy (non-hydrogen) atoms. The number of nitrogens with zero attached hydrogens (tertiary/aromatic N) is 2. The third-order valence-corrected chi connectivity index (χ3v) is 3.24. The summed E-state index contributed by atoms with van der Waals surface area (Å²) in [6.07, 6.45) is 1.78. The molecule has 0 N–H and O–H groups in total. The standard InChI is InChI=1S/C13H10N2S/c1-9-2-3-10-4-5-11(8-12(10)15-9)13-14-6-7-16-13/h2-8H,1H3/i4D. The second-order valence-corrected chi connectivity index (χ2v) is 4.51. The predicted octanol–water partition coefficient (Wildman–Crippen LogP) is 3.67. The van der Waals surface area contributed by atoms with Gasteiger partial charge in [0.05, 0.1) is 6.89 Å². The molecule has 3 rings (SSSR count). The van der Waals surface area contributed by atoms with Crippen LogP contribution in [0.2, 0.25) is 0 Å². The third kappa shape index (κ3) is 1.59. The molecule has 3 heteroatoms. The Morgan fingerprint density at radius 2 is 2.25 bits per heavy atom. The number of hydrogen-bond acceptors (Lipinski definition) is 3. The quantitative estimate of drug-likeness (QED) is 0.634. The highest BCUT2D eigenvalue weighted by atomic mass is 32.1.